The van der Waals surface area contributed by atoms with Crippen LogP contribution in [0.25, 0.3) is 0 Å². The largest absolute Gasteiger partial charge is 0.394 e. The average Bonchev–Trinajstić information content (AvgIpc) is 2.67. The fourth-order valence-electron chi connectivity index (χ4n) is 2.27. The quantitative estimate of drug-likeness (QED) is 0.663. The van der Waals surface area contributed by atoms with E-state index in [-0.39, 0.29) is 18.1 Å². The lowest BCUT2D eigenvalue weighted by molar-refractivity contribution is -0.123. The maximum Gasteiger partial charge on any atom is 0.220 e. The zero-order chi connectivity index (χ0) is 11.1. The highest BCUT2D eigenvalue weighted by molar-refractivity contribution is 5.76. The van der Waals surface area contributed by atoms with Crippen LogP contribution < -0.4 is 5.32 Å². The molecule has 0 aliphatic heterocycles. The summed E-state index contributed by atoms with van der Waals surface area (Å²) >= 11 is 0. The van der Waals surface area contributed by atoms with Gasteiger partial charge < -0.3 is 10.4 Å². The van der Waals surface area contributed by atoms with Gasteiger partial charge in [0.15, 0.2) is 0 Å². The van der Waals surface area contributed by atoms with E-state index in [1.807, 2.05) is 0 Å². The number of aliphatic hydroxyl groups is 1. The molecule has 0 aromatic rings. The third kappa shape index (κ3) is 3.82. The van der Waals surface area contributed by atoms with Crippen LogP contribution in [0.1, 0.15) is 58.3 Å². The maximum atomic E-state index is 11.6. The van der Waals surface area contributed by atoms with Crippen LogP contribution in [-0.2, 0) is 4.79 Å². The minimum absolute atomic E-state index is 0.0898. The van der Waals surface area contributed by atoms with Gasteiger partial charge in [-0.3, -0.25) is 4.79 Å². The molecule has 88 valence electrons. The van der Waals surface area contributed by atoms with Gasteiger partial charge >= 0.3 is 0 Å². The van der Waals surface area contributed by atoms with Crippen LogP contribution in [0, 0.1) is 0 Å². The molecule has 1 aliphatic rings. The lowest BCUT2D eigenvalue weighted by Crippen LogP contribution is -2.49. The molecule has 1 aliphatic carbocycles. The van der Waals surface area contributed by atoms with Crippen molar-refractivity contribution in [3.8, 4) is 0 Å². The van der Waals surface area contributed by atoms with Gasteiger partial charge in [-0.25, -0.2) is 0 Å². The normalized spacial score (nSPS) is 19.1. The van der Waals surface area contributed by atoms with Gasteiger partial charge in [0.2, 0.25) is 5.91 Å². The van der Waals surface area contributed by atoms with Gasteiger partial charge in [0.1, 0.15) is 0 Å². The summed E-state index contributed by atoms with van der Waals surface area (Å²) in [5.41, 5.74) is -0.288. The molecule has 0 spiro atoms. The predicted molar refractivity (Wildman–Crippen MR) is 60.6 cm³/mol. The molecule has 3 nitrogen and oxygen atoms in total. The van der Waals surface area contributed by atoms with Gasteiger partial charge in [-0.05, 0) is 19.3 Å². The van der Waals surface area contributed by atoms with Crippen LogP contribution in [-0.4, -0.2) is 23.2 Å². The van der Waals surface area contributed by atoms with E-state index in [1.165, 1.54) is 0 Å². The van der Waals surface area contributed by atoms with Crippen molar-refractivity contribution >= 4 is 5.91 Å². The summed E-state index contributed by atoms with van der Waals surface area (Å²) < 4.78 is 0. The van der Waals surface area contributed by atoms with Crippen molar-refractivity contribution in [3.05, 3.63) is 0 Å². The highest BCUT2D eigenvalue weighted by Crippen LogP contribution is 2.29. The van der Waals surface area contributed by atoms with Crippen molar-refractivity contribution in [3.63, 3.8) is 0 Å². The van der Waals surface area contributed by atoms with Crippen LogP contribution in [0.2, 0.25) is 0 Å². The first-order valence-electron chi connectivity index (χ1n) is 6.14. The average molecular weight is 213 g/mol. The third-order valence-corrected chi connectivity index (χ3v) is 3.28. The first kappa shape index (κ1) is 12.5. The van der Waals surface area contributed by atoms with Crippen LogP contribution in [0.3, 0.4) is 0 Å². The Kier molecular flexibility index (Phi) is 5.09. The molecule has 15 heavy (non-hydrogen) atoms. The van der Waals surface area contributed by atoms with E-state index in [9.17, 15) is 9.90 Å². The van der Waals surface area contributed by atoms with E-state index in [1.54, 1.807) is 0 Å². The van der Waals surface area contributed by atoms with Crippen LogP contribution in [0.15, 0.2) is 0 Å². The third-order valence-electron chi connectivity index (χ3n) is 3.28. The number of hydrogen-bond acceptors (Lipinski definition) is 2. The van der Waals surface area contributed by atoms with Gasteiger partial charge in [-0.1, -0.05) is 32.6 Å². The van der Waals surface area contributed by atoms with Gasteiger partial charge in [0.25, 0.3) is 0 Å². The van der Waals surface area contributed by atoms with E-state index < -0.39 is 0 Å². The van der Waals surface area contributed by atoms with Crippen molar-refractivity contribution in [2.24, 2.45) is 0 Å². The summed E-state index contributed by atoms with van der Waals surface area (Å²) in [6, 6.07) is 0. The fraction of sp³-hybridized carbons (Fsp3) is 0.917. The summed E-state index contributed by atoms with van der Waals surface area (Å²) in [6.07, 6.45) is 7.93. The summed E-state index contributed by atoms with van der Waals surface area (Å²) in [5.74, 6) is 0.111. The highest BCUT2D eigenvalue weighted by Gasteiger charge is 2.34. The van der Waals surface area contributed by atoms with E-state index in [4.69, 9.17) is 0 Å². The number of unbranched alkanes of at least 4 members (excludes halogenated alkanes) is 2. The molecule has 0 heterocycles. The monoisotopic (exact) mass is 213 g/mol. The Morgan fingerprint density at radius 1 is 1.33 bits per heavy atom. The van der Waals surface area contributed by atoms with E-state index in [2.05, 4.69) is 12.2 Å². The zero-order valence-corrected chi connectivity index (χ0v) is 9.72. The Labute approximate surface area is 92.3 Å². The molecule has 2 N–H and O–H groups in total. The second-order valence-corrected chi connectivity index (χ2v) is 4.65. The molecule has 3 heteroatoms. The van der Waals surface area contributed by atoms with Crippen molar-refractivity contribution in [1.82, 2.24) is 5.32 Å². The Balaban J connectivity index is 2.28. The smallest absolute Gasteiger partial charge is 0.220 e. The maximum absolute atomic E-state index is 11.6. The van der Waals surface area contributed by atoms with Crippen molar-refractivity contribution < 1.29 is 9.90 Å². The van der Waals surface area contributed by atoms with Gasteiger partial charge in [-0.2, -0.15) is 0 Å². The Hall–Kier alpha value is -0.570. The molecule has 1 fully saturated rings. The highest BCUT2D eigenvalue weighted by atomic mass is 16.3. The lowest BCUT2D eigenvalue weighted by atomic mass is 9.98. The van der Waals surface area contributed by atoms with E-state index in [0.29, 0.717) is 6.42 Å². The standard InChI is InChI=1S/C12H23NO2/c1-2-3-4-7-11(15)13-12(10-14)8-5-6-9-12/h14H,2-10H2,1H3,(H,13,15). The number of amides is 1. The number of carbonyl (C=O) groups is 1. The van der Waals surface area contributed by atoms with Gasteiger partial charge in [-0.15, -0.1) is 0 Å². The first-order valence-corrected chi connectivity index (χ1v) is 6.14. The fourth-order valence-corrected chi connectivity index (χ4v) is 2.27. The van der Waals surface area contributed by atoms with Gasteiger partial charge in [0.05, 0.1) is 12.1 Å². The molecule has 1 saturated carbocycles. The predicted octanol–water partition coefficient (Wildman–Crippen LogP) is 1.99. The minimum atomic E-state index is -0.288. The summed E-state index contributed by atoms with van der Waals surface area (Å²) in [5, 5.41) is 12.3. The number of hydrogen-bond donors (Lipinski definition) is 2. The van der Waals surface area contributed by atoms with Crippen LogP contribution in [0.5, 0.6) is 0 Å². The SMILES string of the molecule is CCCCCC(=O)NC1(CO)CCCC1. The molecule has 1 amide bonds. The van der Waals surface area contributed by atoms with E-state index >= 15 is 0 Å². The summed E-state index contributed by atoms with van der Waals surface area (Å²) in [6.45, 7) is 2.22. The molecule has 0 aromatic heterocycles. The second-order valence-electron chi connectivity index (χ2n) is 4.65. The molecule has 0 bridgehead atoms. The molecular formula is C12H23NO2. The molecule has 1 rings (SSSR count). The van der Waals surface area contributed by atoms with E-state index in [0.717, 1.165) is 44.9 Å². The number of nitrogens with one attached hydrogen (secondary N) is 1. The molecule has 0 unspecified atom stereocenters. The van der Waals surface area contributed by atoms with Crippen molar-refractivity contribution in [1.29, 1.82) is 0 Å². The van der Waals surface area contributed by atoms with Gasteiger partial charge in [0, 0.05) is 6.42 Å². The Morgan fingerprint density at radius 2 is 2.00 bits per heavy atom. The first-order chi connectivity index (χ1) is 7.22. The molecule has 0 atom stereocenters. The Bertz CT molecular complexity index is 198. The summed E-state index contributed by atoms with van der Waals surface area (Å²) in [4.78, 5) is 11.6. The number of rotatable bonds is 6. The number of carbonyl (C=O) groups excluding carboxylic acids is 1. The second kappa shape index (κ2) is 6.11. The summed E-state index contributed by atoms with van der Waals surface area (Å²) in [7, 11) is 0. The Morgan fingerprint density at radius 3 is 2.53 bits per heavy atom. The van der Waals surface area contributed by atoms with Crippen LogP contribution >= 0.6 is 0 Å². The topological polar surface area (TPSA) is 49.3 Å². The molecule has 0 saturated heterocycles. The number of aliphatic hydroxyl groups excluding tert-OH is 1. The molecular weight excluding hydrogens is 190 g/mol. The molecule has 0 radical (unpaired) electrons. The van der Waals surface area contributed by atoms with Crippen molar-refractivity contribution in [2.75, 3.05) is 6.61 Å². The lowest BCUT2D eigenvalue weighted by Gasteiger charge is -2.27. The molecule has 0 aromatic carbocycles. The van der Waals surface area contributed by atoms with Crippen LogP contribution in [0.4, 0.5) is 0 Å². The minimum Gasteiger partial charge on any atom is -0.394 e. The zero-order valence-electron chi connectivity index (χ0n) is 9.72. The van der Waals surface area contributed by atoms with Crippen molar-refractivity contribution in [2.45, 2.75) is 63.8 Å².